The Bertz CT molecular complexity index is 500. The van der Waals surface area contributed by atoms with Crippen LogP contribution in [0.3, 0.4) is 0 Å². The fourth-order valence-corrected chi connectivity index (χ4v) is 1.78. The molecule has 0 aliphatic heterocycles. The molecule has 19 heavy (non-hydrogen) atoms. The Balaban J connectivity index is 1.78. The summed E-state index contributed by atoms with van der Waals surface area (Å²) in [5, 5.41) is 13.6. The molecule has 1 aromatic heterocycles. The van der Waals surface area contributed by atoms with Crippen LogP contribution >= 0.6 is 0 Å². The number of benzene rings is 1. The average molecular weight is 261 g/mol. The van der Waals surface area contributed by atoms with E-state index in [2.05, 4.69) is 15.5 Å². The number of fused-ring (bicyclic) bond motifs is 1. The van der Waals surface area contributed by atoms with E-state index in [1.54, 1.807) is 13.3 Å². The second-order valence-electron chi connectivity index (χ2n) is 4.17. The van der Waals surface area contributed by atoms with Crippen LogP contribution in [0.1, 0.15) is 6.42 Å². The van der Waals surface area contributed by atoms with Gasteiger partial charge in [-0.1, -0.05) is 24.3 Å². The molecule has 1 heterocycles. The first-order valence-corrected chi connectivity index (χ1v) is 6.43. The molecule has 0 spiro atoms. The lowest BCUT2D eigenvalue weighted by atomic mass is 10.2. The van der Waals surface area contributed by atoms with Crippen LogP contribution in [0.2, 0.25) is 0 Å². The smallest absolute Gasteiger partial charge is 0.156 e. The summed E-state index contributed by atoms with van der Waals surface area (Å²) in [5.74, 6) is 0.829. The first-order valence-electron chi connectivity index (χ1n) is 6.43. The molecule has 0 saturated carbocycles. The number of rotatable bonds is 8. The van der Waals surface area contributed by atoms with Crippen molar-refractivity contribution in [2.24, 2.45) is 0 Å². The zero-order chi connectivity index (χ0) is 13.3. The Kier molecular flexibility index (Phi) is 5.52. The van der Waals surface area contributed by atoms with Gasteiger partial charge in [0.05, 0.1) is 19.4 Å². The van der Waals surface area contributed by atoms with Crippen LogP contribution in [0.25, 0.3) is 10.8 Å². The van der Waals surface area contributed by atoms with Crippen molar-refractivity contribution in [1.29, 1.82) is 0 Å². The van der Waals surface area contributed by atoms with Crippen molar-refractivity contribution in [2.75, 3.05) is 38.8 Å². The van der Waals surface area contributed by atoms with E-state index in [0.717, 1.165) is 29.6 Å². The Hall–Kier alpha value is -1.72. The normalized spacial score (nSPS) is 10.8. The lowest BCUT2D eigenvalue weighted by Gasteiger charge is -2.08. The molecule has 0 saturated heterocycles. The van der Waals surface area contributed by atoms with Gasteiger partial charge in [0.15, 0.2) is 5.82 Å². The highest BCUT2D eigenvalue weighted by molar-refractivity contribution is 5.90. The predicted molar refractivity (Wildman–Crippen MR) is 75.3 cm³/mol. The van der Waals surface area contributed by atoms with E-state index in [0.29, 0.717) is 19.8 Å². The van der Waals surface area contributed by atoms with Crippen molar-refractivity contribution >= 4 is 16.6 Å². The SMILES string of the molecule is COCCOCCCNc1nncc2ccccc12. The summed E-state index contributed by atoms with van der Waals surface area (Å²) in [5.41, 5.74) is 0. The molecule has 0 aliphatic carbocycles. The monoisotopic (exact) mass is 261 g/mol. The number of hydrogen-bond acceptors (Lipinski definition) is 5. The number of methoxy groups -OCH3 is 1. The van der Waals surface area contributed by atoms with Crippen LogP contribution in [0.15, 0.2) is 30.5 Å². The molecule has 0 amide bonds. The molecule has 0 aliphatic rings. The third kappa shape index (κ3) is 4.15. The molecule has 0 bridgehead atoms. The number of hydrogen-bond donors (Lipinski definition) is 1. The number of ether oxygens (including phenoxy) is 2. The Labute approximate surface area is 112 Å². The van der Waals surface area contributed by atoms with Crippen molar-refractivity contribution < 1.29 is 9.47 Å². The zero-order valence-electron chi connectivity index (χ0n) is 11.1. The summed E-state index contributed by atoms with van der Waals surface area (Å²) in [6, 6.07) is 8.07. The minimum Gasteiger partial charge on any atom is -0.382 e. The standard InChI is InChI=1S/C14H19N3O2/c1-18-9-10-19-8-4-7-15-14-13-6-3-2-5-12(13)11-16-17-14/h2-3,5-6,11H,4,7-10H2,1H3,(H,15,17). The molecular formula is C14H19N3O2. The van der Waals surface area contributed by atoms with E-state index < -0.39 is 0 Å². The highest BCUT2D eigenvalue weighted by atomic mass is 16.5. The number of nitrogens with one attached hydrogen (secondary N) is 1. The Morgan fingerprint density at radius 2 is 2.05 bits per heavy atom. The molecule has 0 atom stereocenters. The molecule has 2 rings (SSSR count). The van der Waals surface area contributed by atoms with Gasteiger partial charge in [0.2, 0.25) is 0 Å². The van der Waals surface area contributed by atoms with E-state index in [1.165, 1.54) is 0 Å². The van der Waals surface area contributed by atoms with Gasteiger partial charge in [0, 0.05) is 31.0 Å². The van der Waals surface area contributed by atoms with Gasteiger partial charge in [-0.15, -0.1) is 5.10 Å². The van der Waals surface area contributed by atoms with Gasteiger partial charge in [-0.2, -0.15) is 5.10 Å². The Morgan fingerprint density at radius 1 is 1.16 bits per heavy atom. The van der Waals surface area contributed by atoms with Gasteiger partial charge in [0.1, 0.15) is 0 Å². The van der Waals surface area contributed by atoms with Crippen molar-refractivity contribution in [1.82, 2.24) is 10.2 Å². The molecule has 102 valence electrons. The van der Waals surface area contributed by atoms with Crippen molar-refractivity contribution in [3.05, 3.63) is 30.5 Å². The second kappa shape index (κ2) is 7.66. The van der Waals surface area contributed by atoms with Crippen molar-refractivity contribution in [3.8, 4) is 0 Å². The van der Waals surface area contributed by atoms with Crippen LogP contribution in [-0.2, 0) is 9.47 Å². The molecule has 0 radical (unpaired) electrons. The van der Waals surface area contributed by atoms with Crippen molar-refractivity contribution in [3.63, 3.8) is 0 Å². The quantitative estimate of drug-likeness (QED) is 0.737. The van der Waals surface area contributed by atoms with Crippen molar-refractivity contribution in [2.45, 2.75) is 6.42 Å². The molecule has 0 fully saturated rings. The van der Waals surface area contributed by atoms with Gasteiger partial charge >= 0.3 is 0 Å². The zero-order valence-corrected chi connectivity index (χ0v) is 11.1. The maximum absolute atomic E-state index is 5.40. The number of aromatic nitrogens is 2. The summed E-state index contributed by atoms with van der Waals surface area (Å²) >= 11 is 0. The third-order valence-electron chi connectivity index (χ3n) is 2.76. The molecule has 1 aromatic carbocycles. The first-order chi connectivity index (χ1) is 9.42. The van der Waals surface area contributed by atoms with E-state index in [-0.39, 0.29) is 0 Å². The number of anilines is 1. The van der Waals surface area contributed by atoms with Gasteiger partial charge in [-0.05, 0) is 6.42 Å². The van der Waals surface area contributed by atoms with Gasteiger partial charge in [-0.3, -0.25) is 0 Å². The third-order valence-corrected chi connectivity index (χ3v) is 2.76. The van der Waals surface area contributed by atoms with Gasteiger partial charge in [-0.25, -0.2) is 0 Å². The van der Waals surface area contributed by atoms with Crippen LogP contribution in [0, 0.1) is 0 Å². The lowest BCUT2D eigenvalue weighted by Crippen LogP contribution is -2.09. The summed E-state index contributed by atoms with van der Waals surface area (Å²) < 4.78 is 10.3. The van der Waals surface area contributed by atoms with E-state index >= 15 is 0 Å². The van der Waals surface area contributed by atoms with Gasteiger partial charge < -0.3 is 14.8 Å². The van der Waals surface area contributed by atoms with Crippen LogP contribution in [0.4, 0.5) is 5.82 Å². The summed E-state index contributed by atoms with van der Waals surface area (Å²) in [6.45, 7) is 2.82. The van der Waals surface area contributed by atoms with Crippen LogP contribution in [-0.4, -0.2) is 43.7 Å². The number of nitrogens with zero attached hydrogens (tertiary/aromatic N) is 2. The van der Waals surface area contributed by atoms with E-state index in [9.17, 15) is 0 Å². The average Bonchev–Trinajstić information content (AvgIpc) is 2.46. The summed E-state index contributed by atoms with van der Waals surface area (Å²) in [6.07, 6.45) is 2.70. The lowest BCUT2D eigenvalue weighted by molar-refractivity contribution is 0.0705. The maximum Gasteiger partial charge on any atom is 0.156 e. The molecule has 0 unspecified atom stereocenters. The molecular weight excluding hydrogens is 242 g/mol. The van der Waals surface area contributed by atoms with Gasteiger partial charge in [0.25, 0.3) is 0 Å². The fraction of sp³-hybridized carbons (Fsp3) is 0.429. The topological polar surface area (TPSA) is 56.3 Å². The minimum atomic E-state index is 0.641. The Morgan fingerprint density at radius 3 is 2.95 bits per heavy atom. The highest BCUT2D eigenvalue weighted by Crippen LogP contribution is 2.18. The minimum absolute atomic E-state index is 0.641. The summed E-state index contributed by atoms with van der Waals surface area (Å²) in [4.78, 5) is 0. The van der Waals surface area contributed by atoms with Crippen LogP contribution in [0.5, 0.6) is 0 Å². The molecule has 1 N–H and O–H groups in total. The maximum atomic E-state index is 5.40. The highest BCUT2D eigenvalue weighted by Gasteiger charge is 2.01. The predicted octanol–water partition coefficient (Wildman–Crippen LogP) is 2.09. The fourth-order valence-electron chi connectivity index (χ4n) is 1.78. The second-order valence-corrected chi connectivity index (χ2v) is 4.17. The molecule has 5 heteroatoms. The van der Waals surface area contributed by atoms with E-state index in [1.807, 2.05) is 24.3 Å². The first kappa shape index (κ1) is 13.7. The summed E-state index contributed by atoms with van der Waals surface area (Å²) in [7, 11) is 1.67. The molecule has 5 nitrogen and oxygen atoms in total. The van der Waals surface area contributed by atoms with Crippen LogP contribution < -0.4 is 5.32 Å². The molecule has 2 aromatic rings. The van der Waals surface area contributed by atoms with E-state index in [4.69, 9.17) is 9.47 Å². The largest absolute Gasteiger partial charge is 0.382 e.